The molecule has 1 heterocycles. The van der Waals surface area contributed by atoms with Crippen LogP contribution < -0.4 is 0 Å². The summed E-state index contributed by atoms with van der Waals surface area (Å²) in [6, 6.07) is 7.27. The molecule has 22 heavy (non-hydrogen) atoms. The molecule has 5 nitrogen and oxygen atoms in total. The lowest BCUT2D eigenvalue weighted by molar-refractivity contribution is -0.152. The summed E-state index contributed by atoms with van der Waals surface area (Å²) in [6.45, 7) is 4.37. The maximum Gasteiger partial charge on any atom is 0.238 e. The van der Waals surface area contributed by atoms with E-state index in [1.54, 1.807) is 17.0 Å². The number of rotatable bonds is 3. The average Bonchev–Trinajstić information content (AvgIpc) is 2.36. The Kier molecular flexibility index (Phi) is 4.84. The van der Waals surface area contributed by atoms with Gasteiger partial charge in [0.25, 0.3) is 0 Å². The number of sulfone groups is 1. The molecule has 1 atom stereocenters. The topological polar surface area (TPSA) is 63.7 Å². The van der Waals surface area contributed by atoms with Gasteiger partial charge in [-0.3, -0.25) is 4.79 Å². The number of benzene rings is 1. The standard InChI is InChI=1S/C15H20ClNO4S/c1-15(2)10-21-13(11-5-4-6-12(16)7-11)8-17(15)14(18)9-22(3,19)20/h4-7,13H,8-10H2,1-3H3/t13-/m0/s1. The second-order valence-corrected chi connectivity index (χ2v) is 8.82. The number of amides is 1. The van der Waals surface area contributed by atoms with Crippen molar-refractivity contribution in [3.05, 3.63) is 34.9 Å². The van der Waals surface area contributed by atoms with Gasteiger partial charge in [0.1, 0.15) is 11.9 Å². The number of carbonyl (C=O) groups is 1. The lowest BCUT2D eigenvalue weighted by Gasteiger charge is -2.45. The number of halogens is 1. The molecule has 1 aromatic carbocycles. The molecule has 1 aromatic rings. The van der Waals surface area contributed by atoms with Crippen LogP contribution in [0.2, 0.25) is 5.02 Å². The molecule has 1 aliphatic heterocycles. The van der Waals surface area contributed by atoms with Gasteiger partial charge in [0, 0.05) is 11.3 Å². The zero-order valence-corrected chi connectivity index (χ0v) is 14.4. The van der Waals surface area contributed by atoms with E-state index in [2.05, 4.69) is 0 Å². The first-order valence-corrected chi connectivity index (χ1v) is 9.38. The molecule has 122 valence electrons. The van der Waals surface area contributed by atoms with E-state index in [1.165, 1.54) is 0 Å². The molecule has 1 fully saturated rings. The van der Waals surface area contributed by atoms with Gasteiger partial charge in [0.2, 0.25) is 5.91 Å². The number of hydrogen-bond donors (Lipinski definition) is 0. The maximum atomic E-state index is 12.3. The quantitative estimate of drug-likeness (QED) is 0.841. The molecule has 1 saturated heterocycles. The first-order chi connectivity index (χ1) is 10.1. The third-order valence-electron chi connectivity index (χ3n) is 3.62. The fourth-order valence-corrected chi connectivity index (χ4v) is 3.30. The van der Waals surface area contributed by atoms with Crippen molar-refractivity contribution in [3.8, 4) is 0 Å². The van der Waals surface area contributed by atoms with Gasteiger partial charge < -0.3 is 9.64 Å². The fraction of sp³-hybridized carbons (Fsp3) is 0.533. The van der Waals surface area contributed by atoms with Crippen LogP contribution in [0.25, 0.3) is 0 Å². The molecule has 7 heteroatoms. The Hall–Kier alpha value is -1.11. The Balaban J connectivity index is 2.22. The van der Waals surface area contributed by atoms with Gasteiger partial charge in [-0.2, -0.15) is 0 Å². The highest BCUT2D eigenvalue weighted by atomic mass is 35.5. The van der Waals surface area contributed by atoms with Crippen LogP contribution in [0.3, 0.4) is 0 Å². The summed E-state index contributed by atoms with van der Waals surface area (Å²) in [5, 5.41) is 0.597. The summed E-state index contributed by atoms with van der Waals surface area (Å²) in [4.78, 5) is 13.9. The van der Waals surface area contributed by atoms with Crippen molar-refractivity contribution in [2.45, 2.75) is 25.5 Å². The van der Waals surface area contributed by atoms with Crippen LogP contribution in [-0.4, -0.2) is 49.9 Å². The van der Waals surface area contributed by atoms with E-state index in [9.17, 15) is 13.2 Å². The minimum atomic E-state index is -3.36. The summed E-state index contributed by atoms with van der Waals surface area (Å²) in [7, 11) is -3.36. The number of nitrogens with zero attached hydrogens (tertiary/aromatic N) is 1. The minimum Gasteiger partial charge on any atom is -0.369 e. The van der Waals surface area contributed by atoms with Gasteiger partial charge in [-0.05, 0) is 31.5 Å². The van der Waals surface area contributed by atoms with E-state index in [0.717, 1.165) is 11.8 Å². The first-order valence-electron chi connectivity index (χ1n) is 6.94. The average molecular weight is 346 g/mol. The maximum absolute atomic E-state index is 12.3. The molecular weight excluding hydrogens is 326 g/mol. The first kappa shape index (κ1) is 17.2. The molecular formula is C15H20ClNO4S. The van der Waals surface area contributed by atoms with E-state index in [0.29, 0.717) is 18.2 Å². The summed E-state index contributed by atoms with van der Waals surface area (Å²) in [6.07, 6.45) is 0.752. The van der Waals surface area contributed by atoms with Gasteiger partial charge >= 0.3 is 0 Å². The molecule has 2 rings (SSSR count). The van der Waals surface area contributed by atoms with Crippen molar-refractivity contribution < 1.29 is 17.9 Å². The molecule has 0 bridgehead atoms. The molecule has 0 aromatic heterocycles. The normalized spacial score (nSPS) is 21.6. The van der Waals surface area contributed by atoms with E-state index in [4.69, 9.17) is 16.3 Å². The number of ether oxygens (including phenoxy) is 1. The van der Waals surface area contributed by atoms with Crippen LogP contribution >= 0.6 is 11.6 Å². The Labute approximate surface area is 136 Å². The van der Waals surface area contributed by atoms with Crippen molar-refractivity contribution in [1.82, 2.24) is 4.90 Å². The van der Waals surface area contributed by atoms with Crippen LogP contribution in [0, 0.1) is 0 Å². The van der Waals surface area contributed by atoms with Gasteiger partial charge in [-0.15, -0.1) is 0 Å². The third kappa shape index (κ3) is 4.21. The van der Waals surface area contributed by atoms with Crippen molar-refractivity contribution >= 4 is 27.3 Å². The summed E-state index contributed by atoms with van der Waals surface area (Å²) in [5.41, 5.74) is 0.330. The van der Waals surface area contributed by atoms with Crippen LogP contribution in [0.5, 0.6) is 0 Å². The smallest absolute Gasteiger partial charge is 0.238 e. The zero-order valence-electron chi connectivity index (χ0n) is 12.9. The Morgan fingerprint density at radius 2 is 2.14 bits per heavy atom. The van der Waals surface area contributed by atoms with Crippen molar-refractivity contribution in [2.24, 2.45) is 0 Å². The largest absolute Gasteiger partial charge is 0.369 e. The molecule has 0 spiro atoms. The molecule has 0 unspecified atom stereocenters. The lowest BCUT2D eigenvalue weighted by Crippen LogP contribution is -2.57. The van der Waals surface area contributed by atoms with Gasteiger partial charge in [-0.25, -0.2) is 8.42 Å². The van der Waals surface area contributed by atoms with Crippen LogP contribution in [-0.2, 0) is 19.4 Å². The molecule has 0 N–H and O–H groups in total. The SMILES string of the molecule is CC1(C)CO[C@H](c2cccc(Cl)c2)CN1C(=O)CS(C)(=O)=O. The predicted octanol–water partition coefficient (Wildman–Crippen LogP) is 2.06. The molecule has 0 radical (unpaired) electrons. The molecule has 1 aliphatic rings. The summed E-state index contributed by atoms with van der Waals surface area (Å²) >= 11 is 5.99. The number of hydrogen-bond acceptors (Lipinski definition) is 4. The van der Waals surface area contributed by atoms with Crippen LogP contribution in [0.1, 0.15) is 25.5 Å². The van der Waals surface area contributed by atoms with E-state index in [1.807, 2.05) is 26.0 Å². The van der Waals surface area contributed by atoms with Gasteiger partial charge in [0.15, 0.2) is 9.84 Å². The van der Waals surface area contributed by atoms with Crippen molar-refractivity contribution in [1.29, 1.82) is 0 Å². The molecule has 0 aliphatic carbocycles. The summed E-state index contributed by atoms with van der Waals surface area (Å²) in [5.74, 6) is -0.888. The highest BCUT2D eigenvalue weighted by molar-refractivity contribution is 7.91. The molecule has 1 amide bonds. The van der Waals surface area contributed by atoms with Crippen LogP contribution in [0.4, 0.5) is 0 Å². The Bertz CT molecular complexity index is 672. The zero-order chi connectivity index (χ0) is 16.5. The molecule has 0 saturated carbocycles. The second-order valence-electron chi connectivity index (χ2n) is 6.24. The Morgan fingerprint density at radius 3 is 2.73 bits per heavy atom. The lowest BCUT2D eigenvalue weighted by atomic mass is 9.98. The van der Waals surface area contributed by atoms with Gasteiger partial charge in [0.05, 0.1) is 18.7 Å². The van der Waals surface area contributed by atoms with E-state index in [-0.39, 0.29) is 6.10 Å². The number of carbonyl (C=O) groups excluding carboxylic acids is 1. The van der Waals surface area contributed by atoms with Crippen molar-refractivity contribution in [3.63, 3.8) is 0 Å². The Morgan fingerprint density at radius 1 is 1.45 bits per heavy atom. The highest BCUT2D eigenvalue weighted by Crippen LogP contribution is 2.31. The monoisotopic (exact) mass is 345 g/mol. The van der Waals surface area contributed by atoms with E-state index >= 15 is 0 Å². The third-order valence-corrected chi connectivity index (χ3v) is 4.63. The van der Waals surface area contributed by atoms with E-state index < -0.39 is 27.0 Å². The van der Waals surface area contributed by atoms with Crippen LogP contribution in [0.15, 0.2) is 24.3 Å². The predicted molar refractivity (Wildman–Crippen MR) is 85.6 cm³/mol. The highest BCUT2D eigenvalue weighted by Gasteiger charge is 2.39. The van der Waals surface area contributed by atoms with Gasteiger partial charge in [-0.1, -0.05) is 23.7 Å². The number of morpholine rings is 1. The van der Waals surface area contributed by atoms with Crippen molar-refractivity contribution in [2.75, 3.05) is 25.2 Å². The minimum absolute atomic E-state index is 0.307. The summed E-state index contributed by atoms with van der Waals surface area (Å²) < 4.78 is 28.6. The second kappa shape index (κ2) is 6.18. The fourth-order valence-electron chi connectivity index (χ4n) is 2.50.